The van der Waals surface area contributed by atoms with Crippen LogP contribution in [0.3, 0.4) is 0 Å². The fourth-order valence-electron chi connectivity index (χ4n) is 3.05. The summed E-state index contributed by atoms with van der Waals surface area (Å²) in [5.41, 5.74) is 0. The number of thiophene rings is 1. The zero-order chi connectivity index (χ0) is 13.0. The van der Waals surface area contributed by atoms with Gasteiger partial charge in [-0.3, -0.25) is 0 Å². The summed E-state index contributed by atoms with van der Waals surface area (Å²) < 4.78 is 0.896. The SMILES string of the molecule is CC(C)CC1CCCC(NCc2ccc(Cl)s2)C1. The molecule has 1 saturated carbocycles. The molecule has 0 radical (unpaired) electrons. The van der Waals surface area contributed by atoms with Crippen LogP contribution in [-0.4, -0.2) is 6.04 Å². The van der Waals surface area contributed by atoms with Gasteiger partial charge in [0, 0.05) is 17.5 Å². The molecule has 1 heterocycles. The average Bonchev–Trinajstić information content (AvgIpc) is 2.72. The Labute approximate surface area is 120 Å². The summed E-state index contributed by atoms with van der Waals surface area (Å²) in [7, 11) is 0. The molecule has 2 rings (SSSR count). The van der Waals surface area contributed by atoms with E-state index in [2.05, 4.69) is 25.2 Å². The zero-order valence-electron chi connectivity index (χ0n) is 11.4. The van der Waals surface area contributed by atoms with Gasteiger partial charge in [0.25, 0.3) is 0 Å². The molecular formula is C15H24ClNS. The number of rotatable bonds is 5. The average molecular weight is 286 g/mol. The van der Waals surface area contributed by atoms with Crippen molar-refractivity contribution in [2.75, 3.05) is 0 Å². The first kappa shape index (κ1) is 14.4. The van der Waals surface area contributed by atoms with E-state index < -0.39 is 0 Å². The second-order valence-corrected chi connectivity index (χ2v) is 7.75. The van der Waals surface area contributed by atoms with Crippen LogP contribution in [-0.2, 0) is 6.54 Å². The van der Waals surface area contributed by atoms with Crippen LogP contribution in [0.25, 0.3) is 0 Å². The minimum Gasteiger partial charge on any atom is -0.309 e. The van der Waals surface area contributed by atoms with Crippen LogP contribution in [0.1, 0.15) is 50.8 Å². The normalized spacial score (nSPS) is 24.7. The Bertz CT molecular complexity index is 361. The van der Waals surface area contributed by atoms with E-state index in [0.29, 0.717) is 6.04 Å². The third kappa shape index (κ3) is 4.56. The summed E-state index contributed by atoms with van der Waals surface area (Å²) in [4.78, 5) is 1.35. The van der Waals surface area contributed by atoms with Gasteiger partial charge in [0.1, 0.15) is 0 Å². The molecule has 2 unspecified atom stereocenters. The van der Waals surface area contributed by atoms with Crippen molar-refractivity contribution in [2.45, 2.75) is 58.5 Å². The van der Waals surface area contributed by atoms with E-state index in [1.807, 2.05) is 6.07 Å². The van der Waals surface area contributed by atoms with Crippen molar-refractivity contribution in [2.24, 2.45) is 11.8 Å². The molecule has 102 valence electrons. The molecule has 1 N–H and O–H groups in total. The molecule has 0 aliphatic heterocycles. The summed E-state index contributed by atoms with van der Waals surface area (Å²) >= 11 is 7.64. The lowest BCUT2D eigenvalue weighted by molar-refractivity contribution is 0.252. The minimum atomic E-state index is 0.711. The monoisotopic (exact) mass is 285 g/mol. The fraction of sp³-hybridized carbons (Fsp3) is 0.733. The summed E-state index contributed by atoms with van der Waals surface area (Å²) in [6.45, 7) is 5.66. The maximum Gasteiger partial charge on any atom is 0.0931 e. The van der Waals surface area contributed by atoms with Crippen molar-refractivity contribution >= 4 is 22.9 Å². The van der Waals surface area contributed by atoms with Crippen molar-refractivity contribution in [3.63, 3.8) is 0 Å². The Morgan fingerprint density at radius 3 is 2.89 bits per heavy atom. The molecule has 0 amide bonds. The number of nitrogens with one attached hydrogen (secondary N) is 1. The molecule has 1 aromatic rings. The van der Waals surface area contributed by atoms with Gasteiger partial charge < -0.3 is 5.32 Å². The predicted molar refractivity (Wildman–Crippen MR) is 81.4 cm³/mol. The van der Waals surface area contributed by atoms with Gasteiger partial charge in [0.15, 0.2) is 0 Å². The lowest BCUT2D eigenvalue weighted by atomic mass is 9.81. The summed E-state index contributed by atoms with van der Waals surface area (Å²) in [6.07, 6.45) is 6.91. The first-order valence-electron chi connectivity index (χ1n) is 7.11. The van der Waals surface area contributed by atoms with Crippen molar-refractivity contribution < 1.29 is 0 Å². The molecule has 1 nitrogen and oxygen atoms in total. The van der Waals surface area contributed by atoms with Crippen LogP contribution in [0, 0.1) is 11.8 Å². The van der Waals surface area contributed by atoms with Gasteiger partial charge in [-0.25, -0.2) is 0 Å². The highest BCUT2D eigenvalue weighted by Crippen LogP contribution is 2.30. The summed E-state index contributed by atoms with van der Waals surface area (Å²) in [6, 6.07) is 4.84. The fourth-order valence-corrected chi connectivity index (χ4v) is 4.09. The molecule has 0 bridgehead atoms. The Hall–Kier alpha value is -0.0500. The quantitative estimate of drug-likeness (QED) is 0.794. The third-order valence-electron chi connectivity index (χ3n) is 3.78. The largest absolute Gasteiger partial charge is 0.309 e. The molecule has 3 heteroatoms. The molecule has 18 heavy (non-hydrogen) atoms. The molecule has 1 aliphatic rings. The smallest absolute Gasteiger partial charge is 0.0931 e. The molecule has 1 aromatic heterocycles. The summed E-state index contributed by atoms with van der Waals surface area (Å²) in [5.74, 6) is 1.77. The van der Waals surface area contributed by atoms with Gasteiger partial charge in [-0.05, 0) is 43.2 Å². The van der Waals surface area contributed by atoms with Crippen molar-refractivity contribution in [1.82, 2.24) is 5.32 Å². The molecule has 1 aliphatic carbocycles. The zero-order valence-corrected chi connectivity index (χ0v) is 13.0. The Morgan fingerprint density at radius 1 is 1.39 bits per heavy atom. The van der Waals surface area contributed by atoms with Crippen LogP contribution in [0.2, 0.25) is 4.34 Å². The number of hydrogen-bond donors (Lipinski definition) is 1. The summed E-state index contributed by atoms with van der Waals surface area (Å²) in [5, 5.41) is 3.71. The lowest BCUT2D eigenvalue weighted by Gasteiger charge is -2.30. The van der Waals surface area contributed by atoms with Crippen molar-refractivity contribution in [3.05, 3.63) is 21.3 Å². The standard InChI is InChI=1S/C15H24ClNS/c1-11(2)8-12-4-3-5-13(9-12)17-10-14-6-7-15(16)18-14/h6-7,11-13,17H,3-5,8-10H2,1-2H3. The van der Waals surface area contributed by atoms with E-state index in [1.165, 1.54) is 37.0 Å². The molecule has 0 spiro atoms. The molecule has 0 aromatic carbocycles. The van der Waals surface area contributed by atoms with Crippen molar-refractivity contribution in [1.29, 1.82) is 0 Å². The van der Waals surface area contributed by atoms with E-state index in [1.54, 1.807) is 11.3 Å². The van der Waals surface area contributed by atoms with Gasteiger partial charge in [-0.1, -0.05) is 38.3 Å². The maximum absolute atomic E-state index is 5.95. The van der Waals surface area contributed by atoms with E-state index in [0.717, 1.165) is 22.7 Å². The van der Waals surface area contributed by atoms with E-state index in [4.69, 9.17) is 11.6 Å². The number of hydrogen-bond acceptors (Lipinski definition) is 2. The van der Waals surface area contributed by atoms with Gasteiger partial charge in [-0.15, -0.1) is 11.3 Å². The van der Waals surface area contributed by atoms with Crippen LogP contribution in [0.5, 0.6) is 0 Å². The highest BCUT2D eigenvalue weighted by molar-refractivity contribution is 7.16. The van der Waals surface area contributed by atoms with Gasteiger partial charge in [0.05, 0.1) is 4.34 Å². The first-order valence-corrected chi connectivity index (χ1v) is 8.30. The molecule has 2 atom stereocenters. The first-order chi connectivity index (χ1) is 8.63. The predicted octanol–water partition coefficient (Wildman–Crippen LogP) is 5.10. The van der Waals surface area contributed by atoms with Gasteiger partial charge in [0.2, 0.25) is 0 Å². The maximum atomic E-state index is 5.95. The van der Waals surface area contributed by atoms with Crippen LogP contribution in [0.15, 0.2) is 12.1 Å². The second-order valence-electron chi connectivity index (χ2n) is 5.95. The second kappa shape index (κ2) is 6.93. The Kier molecular flexibility index (Phi) is 5.53. The highest BCUT2D eigenvalue weighted by Gasteiger charge is 2.22. The Morgan fingerprint density at radius 2 is 2.22 bits per heavy atom. The van der Waals surface area contributed by atoms with Crippen LogP contribution < -0.4 is 5.32 Å². The van der Waals surface area contributed by atoms with Gasteiger partial charge in [-0.2, -0.15) is 0 Å². The third-order valence-corrected chi connectivity index (χ3v) is 5.01. The highest BCUT2D eigenvalue weighted by atomic mass is 35.5. The lowest BCUT2D eigenvalue weighted by Crippen LogP contribution is -2.33. The van der Waals surface area contributed by atoms with Crippen molar-refractivity contribution in [3.8, 4) is 0 Å². The van der Waals surface area contributed by atoms with E-state index in [-0.39, 0.29) is 0 Å². The topological polar surface area (TPSA) is 12.0 Å². The number of halogens is 1. The molecule has 1 fully saturated rings. The Balaban J connectivity index is 1.75. The van der Waals surface area contributed by atoms with E-state index in [9.17, 15) is 0 Å². The van der Waals surface area contributed by atoms with E-state index >= 15 is 0 Å². The van der Waals surface area contributed by atoms with Crippen LogP contribution >= 0.6 is 22.9 Å². The minimum absolute atomic E-state index is 0.711. The van der Waals surface area contributed by atoms with Gasteiger partial charge >= 0.3 is 0 Å². The van der Waals surface area contributed by atoms with Crippen LogP contribution in [0.4, 0.5) is 0 Å². The molecular weight excluding hydrogens is 262 g/mol. The molecule has 0 saturated heterocycles.